The summed E-state index contributed by atoms with van der Waals surface area (Å²) in [6.07, 6.45) is 1.51. The number of benzene rings is 2. The van der Waals surface area contributed by atoms with E-state index in [4.69, 9.17) is 21.4 Å². The Morgan fingerprint density at radius 1 is 1.09 bits per heavy atom. The van der Waals surface area contributed by atoms with Gasteiger partial charge in [0.05, 0.1) is 17.3 Å². The third kappa shape index (κ3) is 6.20. The molecular formula is C25H25BrN4O4S. The minimum Gasteiger partial charge on any atom is -0.493 e. The number of carbonyl (C=O) groups is 2. The lowest BCUT2D eigenvalue weighted by atomic mass is 10.2. The van der Waals surface area contributed by atoms with Crippen molar-refractivity contribution < 1.29 is 18.7 Å². The average Bonchev–Trinajstić information content (AvgIpc) is 3.40. The summed E-state index contributed by atoms with van der Waals surface area (Å²) >= 11 is 8.72. The molecule has 3 aromatic rings. The van der Waals surface area contributed by atoms with E-state index in [1.807, 2.05) is 31.2 Å². The van der Waals surface area contributed by atoms with E-state index in [0.717, 1.165) is 24.5 Å². The van der Waals surface area contributed by atoms with Crippen LogP contribution in [0.2, 0.25) is 0 Å². The molecule has 0 saturated carbocycles. The van der Waals surface area contributed by atoms with Gasteiger partial charge in [0.1, 0.15) is 5.75 Å². The topological polar surface area (TPSA) is 87.0 Å². The van der Waals surface area contributed by atoms with Crippen LogP contribution in [0, 0.1) is 0 Å². The minimum atomic E-state index is -0.315. The molecule has 10 heteroatoms. The van der Waals surface area contributed by atoms with Crippen molar-refractivity contribution in [2.75, 3.05) is 43.0 Å². The number of hydrogen-bond acceptors (Lipinski definition) is 6. The van der Waals surface area contributed by atoms with Gasteiger partial charge in [-0.1, -0.05) is 0 Å². The van der Waals surface area contributed by atoms with Gasteiger partial charge >= 0.3 is 0 Å². The molecule has 0 spiro atoms. The van der Waals surface area contributed by atoms with Crippen LogP contribution >= 0.6 is 28.1 Å². The number of nitrogens with one attached hydrogen (secondary N) is 2. The molecule has 35 heavy (non-hydrogen) atoms. The van der Waals surface area contributed by atoms with Crippen LogP contribution in [0.5, 0.6) is 5.75 Å². The maximum atomic E-state index is 12.5. The van der Waals surface area contributed by atoms with Gasteiger partial charge in [-0.3, -0.25) is 14.9 Å². The molecule has 2 aromatic carbocycles. The number of carbonyl (C=O) groups excluding carboxylic acids is 2. The fraction of sp³-hybridized carbons (Fsp3) is 0.240. The second-order valence-corrected chi connectivity index (χ2v) is 9.05. The van der Waals surface area contributed by atoms with E-state index >= 15 is 0 Å². The molecule has 4 rings (SSSR count). The molecular weight excluding hydrogens is 532 g/mol. The third-order valence-electron chi connectivity index (χ3n) is 5.51. The van der Waals surface area contributed by atoms with Crippen molar-refractivity contribution in [3.63, 3.8) is 0 Å². The lowest BCUT2D eigenvalue weighted by Gasteiger charge is -2.35. The molecule has 0 aliphatic carbocycles. The van der Waals surface area contributed by atoms with Crippen LogP contribution in [0.1, 0.15) is 27.8 Å². The van der Waals surface area contributed by atoms with Crippen molar-refractivity contribution in [1.82, 2.24) is 10.2 Å². The van der Waals surface area contributed by atoms with Gasteiger partial charge in [-0.25, -0.2) is 0 Å². The monoisotopic (exact) mass is 556 g/mol. The lowest BCUT2D eigenvalue weighted by molar-refractivity contribution is 0.0714. The van der Waals surface area contributed by atoms with Crippen LogP contribution in [-0.4, -0.2) is 54.6 Å². The number of amides is 2. The Balaban J connectivity index is 1.27. The first kappa shape index (κ1) is 24.7. The Labute approximate surface area is 217 Å². The summed E-state index contributed by atoms with van der Waals surface area (Å²) in [6, 6.07) is 16.3. The number of ether oxygens (including phenoxy) is 1. The fourth-order valence-corrected chi connectivity index (χ4v) is 4.44. The molecule has 0 unspecified atom stereocenters. The average molecular weight is 557 g/mol. The number of anilines is 2. The zero-order chi connectivity index (χ0) is 24.8. The summed E-state index contributed by atoms with van der Waals surface area (Å²) in [5, 5.41) is 5.94. The van der Waals surface area contributed by atoms with E-state index in [2.05, 4.69) is 31.5 Å². The van der Waals surface area contributed by atoms with Crippen molar-refractivity contribution >= 4 is 56.4 Å². The SMILES string of the molecule is CCOc1ccc(C(=O)NC(=S)Nc2ccc(N3CCN(C(=O)c4ccco4)CC3)cc2)cc1Br. The van der Waals surface area contributed by atoms with E-state index in [-0.39, 0.29) is 16.9 Å². The summed E-state index contributed by atoms with van der Waals surface area (Å²) in [6.45, 7) is 5.14. The van der Waals surface area contributed by atoms with E-state index < -0.39 is 0 Å². The molecule has 2 heterocycles. The minimum absolute atomic E-state index is 0.0812. The highest BCUT2D eigenvalue weighted by Crippen LogP contribution is 2.26. The molecule has 1 aliphatic heterocycles. The predicted octanol–water partition coefficient (Wildman–Crippen LogP) is 4.53. The molecule has 0 atom stereocenters. The number of hydrogen-bond donors (Lipinski definition) is 2. The number of halogens is 1. The first-order chi connectivity index (χ1) is 16.9. The van der Waals surface area contributed by atoms with E-state index in [1.165, 1.54) is 6.26 Å². The molecule has 0 bridgehead atoms. The molecule has 1 fully saturated rings. The Kier molecular flexibility index (Phi) is 8.04. The Hall–Kier alpha value is -3.37. The molecule has 2 N–H and O–H groups in total. The molecule has 1 saturated heterocycles. The predicted molar refractivity (Wildman–Crippen MR) is 142 cm³/mol. The lowest BCUT2D eigenvalue weighted by Crippen LogP contribution is -2.48. The normalized spacial score (nSPS) is 13.3. The first-order valence-electron chi connectivity index (χ1n) is 11.2. The largest absolute Gasteiger partial charge is 0.493 e. The molecule has 1 aromatic heterocycles. The summed E-state index contributed by atoms with van der Waals surface area (Å²) < 4.78 is 11.4. The van der Waals surface area contributed by atoms with Gasteiger partial charge in [0, 0.05) is 43.1 Å². The number of rotatable bonds is 6. The van der Waals surface area contributed by atoms with Crippen molar-refractivity contribution in [3.8, 4) is 5.75 Å². The quantitative estimate of drug-likeness (QED) is 0.431. The van der Waals surface area contributed by atoms with Crippen LogP contribution < -0.4 is 20.3 Å². The highest BCUT2D eigenvalue weighted by molar-refractivity contribution is 9.10. The summed E-state index contributed by atoms with van der Waals surface area (Å²) in [4.78, 5) is 29.0. The molecule has 0 radical (unpaired) electrons. The van der Waals surface area contributed by atoms with Crippen LogP contribution in [0.4, 0.5) is 11.4 Å². The molecule has 2 amide bonds. The summed E-state index contributed by atoms with van der Waals surface area (Å²) in [5.41, 5.74) is 2.28. The molecule has 1 aliphatic rings. The van der Waals surface area contributed by atoms with Gasteiger partial charge in [0.2, 0.25) is 0 Å². The van der Waals surface area contributed by atoms with Crippen LogP contribution in [0.25, 0.3) is 0 Å². The van der Waals surface area contributed by atoms with Gasteiger partial charge in [0.25, 0.3) is 11.8 Å². The Morgan fingerprint density at radius 3 is 2.46 bits per heavy atom. The Morgan fingerprint density at radius 2 is 1.83 bits per heavy atom. The smallest absolute Gasteiger partial charge is 0.289 e. The van der Waals surface area contributed by atoms with Gasteiger partial charge in [-0.15, -0.1) is 0 Å². The Bertz CT molecular complexity index is 1190. The van der Waals surface area contributed by atoms with Gasteiger partial charge in [0.15, 0.2) is 10.9 Å². The van der Waals surface area contributed by atoms with Gasteiger partial charge in [-0.05, 0) is 89.7 Å². The van der Waals surface area contributed by atoms with Crippen molar-refractivity contribution in [2.24, 2.45) is 0 Å². The van der Waals surface area contributed by atoms with Crippen LogP contribution in [0.15, 0.2) is 69.8 Å². The van der Waals surface area contributed by atoms with E-state index in [1.54, 1.807) is 35.2 Å². The first-order valence-corrected chi connectivity index (χ1v) is 12.4. The number of thiocarbonyl (C=S) groups is 1. The number of piperazine rings is 1. The maximum Gasteiger partial charge on any atom is 0.289 e. The van der Waals surface area contributed by atoms with Crippen LogP contribution in [-0.2, 0) is 0 Å². The van der Waals surface area contributed by atoms with Gasteiger partial charge in [-0.2, -0.15) is 0 Å². The fourth-order valence-electron chi connectivity index (χ4n) is 3.73. The molecule has 182 valence electrons. The van der Waals surface area contributed by atoms with Crippen molar-refractivity contribution in [2.45, 2.75) is 6.92 Å². The number of furan rings is 1. The third-order valence-corrected chi connectivity index (χ3v) is 6.33. The highest BCUT2D eigenvalue weighted by Gasteiger charge is 2.23. The molecule has 8 nitrogen and oxygen atoms in total. The van der Waals surface area contributed by atoms with E-state index in [0.29, 0.717) is 41.2 Å². The zero-order valence-electron chi connectivity index (χ0n) is 19.1. The zero-order valence-corrected chi connectivity index (χ0v) is 21.5. The number of nitrogens with zero attached hydrogens (tertiary/aromatic N) is 2. The van der Waals surface area contributed by atoms with Crippen LogP contribution in [0.3, 0.4) is 0 Å². The maximum absolute atomic E-state index is 12.5. The highest BCUT2D eigenvalue weighted by atomic mass is 79.9. The second-order valence-electron chi connectivity index (χ2n) is 7.79. The summed E-state index contributed by atoms with van der Waals surface area (Å²) in [5.74, 6) is 0.648. The van der Waals surface area contributed by atoms with E-state index in [9.17, 15) is 9.59 Å². The standard InChI is InChI=1S/C25H25BrN4O4S/c1-2-33-21-10-5-17(16-20(21)26)23(31)28-25(35)27-18-6-8-19(9-7-18)29-11-13-30(14-12-29)24(32)22-4-3-15-34-22/h3-10,15-16H,2,11-14H2,1H3,(H2,27,28,31,35). The van der Waals surface area contributed by atoms with Crippen molar-refractivity contribution in [3.05, 3.63) is 76.7 Å². The second kappa shape index (κ2) is 11.4. The summed E-state index contributed by atoms with van der Waals surface area (Å²) in [7, 11) is 0. The van der Waals surface area contributed by atoms with Crippen molar-refractivity contribution in [1.29, 1.82) is 0 Å². The van der Waals surface area contributed by atoms with Gasteiger partial charge < -0.3 is 24.3 Å².